The van der Waals surface area contributed by atoms with Crippen LogP contribution >= 0.6 is 0 Å². The van der Waals surface area contributed by atoms with E-state index in [4.69, 9.17) is 5.73 Å². The van der Waals surface area contributed by atoms with Crippen LogP contribution in [-0.2, 0) is 17.5 Å². The molecule has 0 spiro atoms. The number of rotatable bonds is 2. The second kappa shape index (κ2) is 3.76. The summed E-state index contributed by atoms with van der Waals surface area (Å²) in [6, 6.07) is 1.69. The molecule has 82 valence electrons. The van der Waals surface area contributed by atoms with Gasteiger partial charge in [0, 0.05) is 6.20 Å². The third-order valence-corrected chi connectivity index (χ3v) is 1.65. The maximum Gasteiger partial charge on any atom is 0.421 e. The molecule has 1 amide bonds. The van der Waals surface area contributed by atoms with Crippen molar-refractivity contribution in [3.63, 3.8) is 0 Å². The molecule has 0 unspecified atom stereocenters. The summed E-state index contributed by atoms with van der Waals surface area (Å²) in [4.78, 5) is 21.6. The minimum atomic E-state index is -4.72. The molecule has 2 N–H and O–H groups in total. The van der Waals surface area contributed by atoms with Crippen molar-refractivity contribution in [1.29, 1.82) is 0 Å². The van der Waals surface area contributed by atoms with Gasteiger partial charge >= 0.3 is 6.18 Å². The fourth-order valence-corrected chi connectivity index (χ4v) is 1.04. The van der Waals surface area contributed by atoms with Crippen LogP contribution in [0.3, 0.4) is 0 Å². The number of halogens is 3. The van der Waals surface area contributed by atoms with Gasteiger partial charge in [-0.25, -0.2) is 0 Å². The topological polar surface area (TPSA) is 65.1 Å². The van der Waals surface area contributed by atoms with Crippen LogP contribution in [0.25, 0.3) is 0 Å². The highest BCUT2D eigenvalue weighted by Gasteiger charge is 2.34. The molecule has 0 aromatic carbocycles. The van der Waals surface area contributed by atoms with E-state index in [9.17, 15) is 22.8 Å². The molecule has 4 nitrogen and oxygen atoms in total. The number of alkyl halides is 3. The highest BCUT2D eigenvalue weighted by Crippen LogP contribution is 2.25. The number of aromatic nitrogens is 1. The number of pyridine rings is 1. The molecule has 7 heteroatoms. The number of nitrogens with zero attached hydrogens (tertiary/aromatic N) is 1. The van der Waals surface area contributed by atoms with Gasteiger partial charge in [0.05, 0.1) is 0 Å². The second-order valence-corrected chi connectivity index (χ2v) is 2.82. The average molecular weight is 220 g/mol. The van der Waals surface area contributed by atoms with Crippen molar-refractivity contribution >= 4 is 5.91 Å². The van der Waals surface area contributed by atoms with Crippen molar-refractivity contribution in [1.82, 2.24) is 4.57 Å². The zero-order chi connectivity index (χ0) is 11.6. The molecule has 0 aliphatic heterocycles. The van der Waals surface area contributed by atoms with Gasteiger partial charge in [0.1, 0.15) is 12.1 Å². The van der Waals surface area contributed by atoms with Crippen molar-refractivity contribution in [3.8, 4) is 0 Å². The lowest BCUT2D eigenvalue weighted by atomic mass is 10.2. The van der Waals surface area contributed by atoms with Crippen molar-refractivity contribution < 1.29 is 18.0 Å². The van der Waals surface area contributed by atoms with Crippen LogP contribution in [0, 0.1) is 0 Å². The maximum atomic E-state index is 12.2. The number of hydrogen-bond acceptors (Lipinski definition) is 2. The summed E-state index contributed by atoms with van der Waals surface area (Å²) in [6.07, 6.45) is -3.65. The van der Waals surface area contributed by atoms with Gasteiger partial charge in [-0.2, -0.15) is 13.2 Å². The summed E-state index contributed by atoms with van der Waals surface area (Å²) >= 11 is 0. The maximum absolute atomic E-state index is 12.2. The van der Waals surface area contributed by atoms with E-state index in [2.05, 4.69) is 0 Å². The molecule has 0 bridgehead atoms. The molecule has 0 aliphatic rings. The van der Waals surface area contributed by atoms with Gasteiger partial charge < -0.3 is 10.3 Å². The molecule has 0 aliphatic carbocycles. The number of hydrogen-bond donors (Lipinski definition) is 1. The Bertz CT molecular complexity index is 436. The van der Waals surface area contributed by atoms with E-state index in [-0.39, 0.29) is 0 Å². The first-order valence-corrected chi connectivity index (χ1v) is 3.87. The quantitative estimate of drug-likeness (QED) is 0.781. The van der Waals surface area contributed by atoms with E-state index in [0.717, 1.165) is 12.3 Å². The van der Waals surface area contributed by atoms with Gasteiger partial charge in [0.2, 0.25) is 5.91 Å². The smallest absolute Gasteiger partial charge is 0.368 e. The summed E-state index contributed by atoms with van der Waals surface area (Å²) in [6.45, 7) is -0.567. The molecule has 0 fully saturated rings. The first-order chi connectivity index (χ1) is 6.82. The SMILES string of the molecule is NC(=O)Cn1cccc(C(F)(F)F)c1=O. The highest BCUT2D eigenvalue weighted by atomic mass is 19.4. The van der Waals surface area contributed by atoms with Gasteiger partial charge in [0.25, 0.3) is 5.56 Å². The summed E-state index contributed by atoms with van der Waals surface area (Å²) in [7, 11) is 0. The molecule has 1 heterocycles. The minimum absolute atomic E-state index is 0.567. The van der Waals surface area contributed by atoms with Crippen molar-refractivity contribution in [2.45, 2.75) is 12.7 Å². The summed E-state index contributed by atoms with van der Waals surface area (Å²) < 4.78 is 37.3. The third-order valence-electron chi connectivity index (χ3n) is 1.65. The third kappa shape index (κ3) is 2.58. The van der Waals surface area contributed by atoms with Crippen LogP contribution in [0.5, 0.6) is 0 Å². The molecule has 1 rings (SSSR count). The zero-order valence-corrected chi connectivity index (χ0v) is 7.41. The molecule has 0 saturated heterocycles. The molecule has 15 heavy (non-hydrogen) atoms. The average Bonchev–Trinajstić information content (AvgIpc) is 2.05. The Morgan fingerprint density at radius 2 is 2.07 bits per heavy atom. The van der Waals surface area contributed by atoms with E-state index in [0.29, 0.717) is 10.6 Å². The zero-order valence-electron chi connectivity index (χ0n) is 7.41. The lowest BCUT2D eigenvalue weighted by Gasteiger charge is -2.08. The van der Waals surface area contributed by atoms with Gasteiger partial charge in [-0.15, -0.1) is 0 Å². The molecule has 1 aromatic heterocycles. The van der Waals surface area contributed by atoms with Crippen molar-refractivity contribution in [3.05, 3.63) is 34.2 Å². The second-order valence-electron chi connectivity index (χ2n) is 2.82. The van der Waals surface area contributed by atoms with Crippen LogP contribution < -0.4 is 11.3 Å². The minimum Gasteiger partial charge on any atom is -0.368 e. The van der Waals surface area contributed by atoms with E-state index in [1.165, 1.54) is 0 Å². The molecule has 1 aromatic rings. The van der Waals surface area contributed by atoms with Gasteiger partial charge in [-0.1, -0.05) is 0 Å². The molecular formula is C8H7F3N2O2. The molecule has 0 saturated carbocycles. The predicted molar refractivity (Wildman–Crippen MR) is 44.9 cm³/mol. The summed E-state index contributed by atoms with van der Waals surface area (Å²) in [5.74, 6) is -0.878. The van der Waals surface area contributed by atoms with Crippen LogP contribution in [-0.4, -0.2) is 10.5 Å². The van der Waals surface area contributed by atoms with Crippen LogP contribution in [0.2, 0.25) is 0 Å². The Balaban J connectivity index is 3.24. The van der Waals surface area contributed by atoms with E-state index in [1.807, 2.05) is 0 Å². The summed E-state index contributed by atoms with van der Waals surface area (Å²) in [5, 5.41) is 0. The lowest BCUT2D eigenvalue weighted by Crippen LogP contribution is -2.32. The van der Waals surface area contributed by atoms with E-state index in [1.54, 1.807) is 0 Å². The molecule has 0 radical (unpaired) electrons. The number of carbonyl (C=O) groups excluding carboxylic acids is 1. The Kier molecular flexibility index (Phi) is 2.83. The fourth-order valence-electron chi connectivity index (χ4n) is 1.04. The number of amides is 1. The van der Waals surface area contributed by atoms with E-state index >= 15 is 0 Å². The van der Waals surface area contributed by atoms with Crippen LogP contribution in [0.4, 0.5) is 13.2 Å². The first-order valence-electron chi connectivity index (χ1n) is 3.87. The van der Waals surface area contributed by atoms with Crippen molar-refractivity contribution in [2.75, 3.05) is 0 Å². The number of nitrogens with two attached hydrogens (primary N) is 1. The van der Waals surface area contributed by atoms with Crippen LogP contribution in [0.1, 0.15) is 5.56 Å². The molecule has 0 atom stereocenters. The standard InChI is InChI=1S/C8H7F3N2O2/c9-8(10,11)5-2-1-3-13(7(5)15)4-6(12)14/h1-3H,4H2,(H2,12,14). The van der Waals surface area contributed by atoms with Gasteiger partial charge in [0.15, 0.2) is 0 Å². The number of carbonyl (C=O) groups is 1. The van der Waals surface area contributed by atoms with Gasteiger partial charge in [-0.3, -0.25) is 9.59 Å². The Labute approximate surface area is 82.1 Å². The van der Waals surface area contributed by atoms with Crippen molar-refractivity contribution in [2.24, 2.45) is 5.73 Å². The monoisotopic (exact) mass is 220 g/mol. The van der Waals surface area contributed by atoms with Crippen LogP contribution in [0.15, 0.2) is 23.1 Å². The summed E-state index contributed by atoms with van der Waals surface area (Å²) in [5.41, 5.74) is 2.18. The lowest BCUT2D eigenvalue weighted by molar-refractivity contribution is -0.139. The first kappa shape index (κ1) is 11.3. The normalized spacial score (nSPS) is 11.4. The predicted octanol–water partition coefficient (Wildman–Crippen LogP) is 0.352. The molecular weight excluding hydrogens is 213 g/mol. The Morgan fingerprint density at radius 1 is 1.47 bits per heavy atom. The highest BCUT2D eigenvalue weighted by molar-refractivity contribution is 5.73. The van der Waals surface area contributed by atoms with E-state index < -0.39 is 29.8 Å². The van der Waals surface area contributed by atoms with Gasteiger partial charge in [-0.05, 0) is 12.1 Å². The largest absolute Gasteiger partial charge is 0.421 e. The Morgan fingerprint density at radius 3 is 2.53 bits per heavy atom. The Hall–Kier alpha value is -1.79. The number of primary amides is 1. The fraction of sp³-hybridized carbons (Fsp3) is 0.250.